The molecule has 0 aliphatic carbocycles. The number of nitrogens with one attached hydrogen (secondary N) is 1. The third-order valence-electron chi connectivity index (χ3n) is 3.05. The van der Waals surface area contributed by atoms with Gasteiger partial charge in [0.25, 0.3) is 0 Å². The van der Waals surface area contributed by atoms with E-state index >= 15 is 0 Å². The van der Waals surface area contributed by atoms with Crippen molar-refractivity contribution in [3.63, 3.8) is 0 Å². The quantitative estimate of drug-likeness (QED) is 0.713. The summed E-state index contributed by atoms with van der Waals surface area (Å²) >= 11 is 0. The van der Waals surface area contributed by atoms with Gasteiger partial charge in [0.2, 0.25) is 5.78 Å². The van der Waals surface area contributed by atoms with E-state index in [1.54, 1.807) is 0 Å². The summed E-state index contributed by atoms with van der Waals surface area (Å²) in [5, 5.41) is 1.46. The predicted molar refractivity (Wildman–Crippen MR) is 58.0 cm³/mol. The molecule has 0 atom stereocenters. The third kappa shape index (κ3) is 2.78. The van der Waals surface area contributed by atoms with Gasteiger partial charge in [-0.1, -0.05) is 20.8 Å². The fraction of sp³-hybridized carbons (Fsp3) is 0.818. The van der Waals surface area contributed by atoms with E-state index in [2.05, 4.69) is 5.43 Å². The summed E-state index contributed by atoms with van der Waals surface area (Å²) in [7, 11) is 0. The monoisotopic (exact) mass is 212 g/mol. The number of hydrogen-bond acceptors (Lipinski definition) is 3. The second-order valence-electron chi connectivity index (χ2n) is 4.64. The van der Waals surface area contributed by atoms with Crippen LogP contribution in [-0.4, -0.2) is 29.8 Å². The zero-order valence-electron chi connectivity index (χ0n) is 9.80. The number of ketones is 1. The Balaban J connectivity index is 2.63. The Bertz CT molecular complexity index is 255. The zero-order valence-corrected chi connectivity index (χ0v) is 9.80. The minimum atomic E-state index is -0.545. The number of carbonyl (C=O) groups excluding carboxylic acids is 2. The van der Waals surface area contributed by atoms with Crippen molar-refractivity contribution in [2.24, 2.45) is 5.41 Å². The molecule has 1 saturated heterocycles. The minimum absolute atomic E-state index is 0.292. The summed E-state index contributed by atoms with van der Waals surface area (Å²) in [4.78, 5) is 23.7. The fourth-order valence-corrected chi connectivity index (χ4v) is 1.43. The molecule has 1 rings (SSSR count). The number of Topliss-reactive ketones (excluding diaryl/α,β-unsaturated/α-hetero) is 1. The van der Waals surface area contributed by atoms with Crippen LogP contribution in [0.5, 0.6) is 0 Å². The molecule has 1 fully saturated rings. The standard InChI is InChI=1S/C11H20N2O2/c1-4-11(2,3)9(14)10(15)13-8-6-5-7-12-13/h12H,4-8H2,1-3H3. The van der Waals surface area contributed by atoms with Crippen molar-refractivity contribution in [3.8, 4) is 0 Å². The Hall–Kier alpha value is -0.900. The molecule has 15 heavy (non-hydrogen) atoms. The highest BCUT2D eigenvalue weighted by Crippen LogP contribution is 2.22. The normalized spacial score (nSPS) is 17.7. The van der Waals surface area contributed by atoms with Gasteiger partial charge in [0, 0.05) is 18.5 Å². The van der Waals surface area contributed by atoms with Gasteiger partial charge in [-0.2, -0.15) is 0 Å². The van der Waals surface area contributed by atoms with Gasteiger partial charge in [-0.05, 0) is 19.3 Å². The first kappa shape index (κ1) is 12.2. The molecule has 1 aliphatic rings. The van der Waals surface area contributed by atoms with Crippen molar-refractivity contribution in [3.05, 3.63) is 0 Å². The van der Waals surface area contributed by atoms with Crippen LogP contribution < -0.4 is 5.43 Å². The van der Waals surface area contributed by atoms with Crippen molar-refractivity contribution >= 4 is 11.7 Å². The number of amides is 1. The highest BCUT2D eigenvalue weighted by molar-refractivity contribution is 6.37. The summed E-state index contributed by atoms with van der Waals surface area (Å²) in [5.41, 5.74) is 2.41. The van der Waals surface area contributed by atoms with E-state index in [0.29, 0.717) is 13.0 Å². The maximum atomic E-state index is 11.9. The first-order valence-corrected chi connectivity index (χ1v) is 5.59. The maximum Gasteiger partial charge on any atom is 0.304 e. The lowest BCUT2D eigenvalue weighted by Crippen LogP contribution is -2.52. The van der Waals surface area contributed by atoms with Gasteiger partial charge in [-0.3, -0.25) is 14.6 Å². The maximum absolute atomic E-state index is 11.9. The lowest BCUT2D eigenvalue weighted by Gasteiger charge is -2.30. The molecule has 1 N–H and O–H groups in total. The Kier molecular flexibility index (Phi) is 3.85. The van der Waals surface area contributed by atoms with E-state index in [-0.39, 0.29) is 11.7 Å². The second kappa shape index (κ2) is 4.75. The largest absolute Gasteiger partial charge is 0.304 e. The summed E-state index contributed by atoms with van der Waals surface area (Å²) in [6.45, 7) is 6.99. The lowest BCUT2D eigenvalue weighted by molar-refractivity contribution is -0.152. The van der Waals surface area contributed by atoms with E-state index < -0.39 is 5.41 Å². The molecular weight excluding hydrogens is 192 g/mol. The van der Waals surface area contributed by atoms with Crippen molar-refractivity contribution in [2.75, 3.05) is 13.1 Å². The number of hydrogen-bond donors (Lipinski definition) is 1. The first-order chi connectivity index (χ1) is 6.99. The Morgan fingerprint density at radius 1 is 1.33 bits per heavy atom. The lowest BCUT2D eigenvalue weighted by atomic mass is 9.85. The number of carbonyl (C=O) groups is 2. The van der Waals surface area contributed by atoms with Gasteiger partial charge < -0.3 is 0 Å². The van der Waals surface area contributed by atoms with Gasteiger partial charge in [0.15, 0.2) is 0 Å². The average Bonchev–Trinajstić information content (AvgIpc) is 2.28. The molecule has 0 unspecified atom stereocenters. The van der Waals surface area contributed by atoms with E-state index in [1.807, 2.05) is 20.8 Å². The molecule has 4 heteroatoms. The van der Waals surface area contributed by atoms with Crippen molar-refractivity contribution in [1.82, 2.24) is 10.4 Å². The van der Waals surface area contributed by atoms with Crippen LogP contribution >= 0.6 is 0 Å². The molecule has 0 bridgehead atoms. The SMILES string of the molecule is CCC(C)(C)C(=O)C(=O)N1CCCCN1. The van der Waals surface area contributed by atoms with Crippen LogP contribution in [0.25, 0.3) is 0 Å². The van der Waals surface area contributed by atoms with Gasteiger partial charge in [-0.25, -0.2) is 5.43 Å². The van der Waals surface area contributed by atoms with E-state index in [1.165, 1.54) is 5.01 Å². The predicted octanol–water partition coefficient (Wildman–Crippen LogP) is 1.12. The Morgan fingerprint density at radius 3 is 2.47 bits per heavy atom. The van der Waals surface area contributed by atoms with Crippen LogP contribution in [0, 0.1) is 5.41 Å². The molecule has 1 aliphatic heterocycles. The molecule has 0 aromatic carbocycles. The van der Waals surface area contributed by atoms with E-state index in [4.69, 9.17) is 0 Å². The van der Waals surface area contributed by atoms with Crippen LogP contribution in [-0.2, 0) is 9.59 Å². The smallest absolute Gasteiger partial charge is 0.288 e. The number of rotatable bonds is 3. The highest BCUT2D eigenvalue weighted by Gasteiger charge is 2.34. The van der Waals surface area contributed by atoms with Gasteiger partial charge >= 0.3 is 5.91 Å². The Morgan fingerprint density at radius 2 is 2.00 bits per heavy atom. The Labute approximate surface area is 91.0 Å². The van der Waals surface area contributed by atoms with Crippen LogP contribution in [0.3, 0.4) is 0 Å². The van der Waals surface area contributed by atoms with Crippen LogP contribution in [0.4, 0.5) is 0 Å². The van der Waals surface area contributed by atoms with Gasteiger partial charge in [0.1, 0.15) is 0 Å². The van der Waals surface area contributed by atoms with Crippen molar-refractivity contribution < 1.29 is 9.59 Å². The highest BCUT2D eigenvalue weighted by atomic mass is 16.2. The molecular formula is C11H20N2O2. The molecule has 1 heterocycles. The summed E-state index contributed by atoms with van der Waals surface area (Å²) in [6.07, 6.45) is 2.72. The summed E-state index contributed by atoms with van der Waals surface area (Å²) in [5.74, 6) is -0.680. The van der Waals surface area contributed by atoms with E-state index in [9.17, 15) is 9.59 Å². The van der Waals surface area contributed by atoms with Crippen molar-refractivity contribution in [2.45, 2.75) is 40.0 Å². The minimum Gasteiger partial charge on any atom is -0.288 e. The summed E-state index contributed by atoms with van der Waals surface area (Å²) < 4.78 is 0. The molecule has 4 nitrogen and oxygen atoms in total. The summed E-state index contributed by atoms with van der Waals surface area (Å²) in [6, 6.07) is 0. The fourth-order valence-electron chi connectivity index (χ4n) is 1.43. The van der Waals surface area contributed by atoms with Gasteiger partial charge in [-0.15, -0.1) is 0 Å². The topological polar surface area (TPSA) is 49.4 Å². The number of hydrazine groups is 1. The number of nitrogens with zero attached hydrogens (tertiary/aromatic N) is 1. The second-order valence-corrected chi connectivity index (χ2v) is 4.64. The zero-order chi connectivity index (χ0) is 11.5. The first-order valence-electron chi connectivity index (χ1n) is 5.59. The van der Waals surface area contributed by atoms with Crippen LogP contribution in [0.2, 0.25) is 0 Å². The molecule has 0 aromatic rings. The average molecular weight is 212 g/mol. The van der Waals surface area contributed by atoms with Gasteiger partial charge in [0.05, 0.1) is 0 Å². The molecule has 0 spiro atoms. The van der Waals surface area contributed by atoms with Crippen molar-refractivity contribution in [1.29, 1.82) is 0 Å². The molecule has 86 valence electrons. The van der Waals surface area contributed by atoms with Crippen LogP contribution in [0.1, 0.15) is 40.0 Å². The molecule has 1 amide bonds. The molecule has 0 aromatic heterocycles. The van der Waals surface area contributed by atoms with Crippen LogP contribution in [0.15, 0.2) is 0 Å². The van der Waals surface area contributed by atoms with E-state index in [0.717, 1.165) is 19.4 Å². The third-order valence-corrected chi connectivity index (χ3v) is 3.05. The molecule has 0 radical (unpaired) electrons. The molecule has 0 saturated carbocycles.